The van der Waals surface area contributed by atoms with Gasteiger partial charge in [-0.3, -0.25) is 14.9 Å². The molecule has 0 bridgehead atoms. The van der Waals surface area contributed by atoms with Gasteiger partial charge in [-0.2, -0.15) is 8.42 Å². The van der Waals surface area contributed by atoms with Gasteiger partial charge in [0.15, 0.2) is 11.6 Å². The van der Waals surface area contributed by atoms with E-state index >= 15 is 0 Å². The van der Waals surface area contributed by atoms with E-state index in [0.717, 1.165) is 24.3 Å². The summed E-state index contributed by atoms with van der Waals surface area (Å²) in [5.41, 5.74) is 2.23. The standard InChI is InChI=1S/C23H18N4O5S/c1-15(28)18-7-3-5-9-20(18)24-22-19-8-4-6-10-21(19)26(2)23(22)25-33(31,32)17-13-11-16(12-14-17)27(29)30/h3-14H,1-2H3/b24-22-,25-23?. The number of hydrogen-bond acceptors (Lipinski definition) is 6. The van der Waals surface area contributed by atoms with Crippen molar-refractivity contribution in [2.75, 3.05) is 11.9 Å². The Kier molecular flexibility index (Phi) is 5.60. The quantitative estimate of drug-likeness (QED) is 0.319. The molecule has 166 valence electrons. The summed E-state index contributed by atoms with van der Waals surface area (Å²) in [5, 5.41) is 10.9. The Labute approximate surface area is 189 Å². The molecule has 0 saturated carbocycles. The highest BCUT2D eigenvalue weighted by molar-refractivity contribution is 7.90. The van der Waals surface area contributed by atoms with E-state index in [2.05, 4.69) is 9.39 Å². The molecular weight excluding hydrogens is 444 g/mol. The van der Waals surface area contributed by atoms with Gasteiger partial charge in [-0.25, -0.2) is 4.99 Å². The first-order valence-corrected chi connectivity index (χ1v) is 11.2. The van der Waals surface area contributed by atoms with Crippen LogP contribution >= 0.6 is 0 Å². The molecule has 1 heterocycles. The van der Waals surface area contributed by atoms with Gasteiger partial charge < -0.3 is 4.90 Å². The number of para-hydroxylation sites is 2. The number of hydrogen-bond donors (Lipinski definition) is 0. The molecule has 4 rings (SSSR count). The van der Waals surface area contributed by atoms with Crippen molar-refractivity contribution >= 4 is 44.4 Å². The second-order valence-electron chi connectivity index (χ2n) is 7.25. The van der Waals surface area contributed by atoms with Gasteiger partial charge in [-0.1, -0.05) is 30.3 Å². The molecule has 9 nitrogen and oxygen atoms in total. The summed E-state index contributed by atoms with van der Waals surface area (Å²) < 4.78 is 30.1. The third-order valence-electron chi connectivity index (χ3n) is 5.12. The molecule has 10 heteroatoms. The molecule has 33 heavy (non-hydrogen) atoms. The Morgan fingerprint density at radius 2 is 1.61 bits per heavy atom. The molecular formula is C23H18N4O5S. The predicted molar refractivity (Wildman–Crippen MR) is 125 cm³/mol. The van der Waals surface area contributed by atoms with Crippen molar-refractivity contribution in [2.24, 2.45) is 9.39 Å². The number of Topliss-reactive ketones (excluding diaryl/α,β-unsaturated/α-hetero) is 1. The van der Waals surface area contributed by atoms with Crippen LogP contribution in [0.4, 0.5) is 17.1 Å². The van der Waals surface area contributed by atoms with Crippen molar-refractivity contribution < 1.29 is 18.1 Å². The molecule has 0 radical (unpaired) electrons. The molecule has 3 aromatic carbocycles. The largest absolute Gasteiger partial charge is 0.326 e. The summed E-state index contributed by atoms with van der Waals surface area (Å²) in [5.74, 6) is -0.0977. The molecule has 0 aromatic heterocycles. The molecule has 0 saturated heterocycles. The van der Waals surface area contributed by atoms with Crippen LogP contribution in [-0.2, 0) is 10.0 Å². The molecule has 1 aliphatic heterocycles. The van der Waals surface area contributed by atoms with Gasteiger partial charge in [0.1, 0.15) is 5.71 Å². The number of likely N-dealkylation sites (N-methyl/N-ethyl adjacent to an activating group) is 1. The van der Waals surface area contributed by atoms with Gasteiger partial charge in [0.25, 0.3) is 15.7 Å². The zero-order valence-electron chi connectivity index (χ0n) is 17.7. The van der Waals surface area contributed by atoms with Gasteiger partial charge in [-0.15, -0.1) is 4.40 Å². The smallest absolute Gasteiger partial charge is 0.284 e. The molecule has 0 amide bonds. The van der Waals surface area contributed by atoms with Crippen molar-refractivity contribution in [1.82, 2.24) is 0 Å². The SMILES string of the molecule is CC(=O)c1ccccc1/N=C1\C(=NS(=O)(=O)c2ccc([N+](=O)[O-])cc2)N(C)c2ccccc21. The van der Waals surface area contributed by atoms with Crippen LogP contribution in [0, 0.1) is 10.1 Å². The van der Waals surface area contributed by atoms with Crippen LogP contribution in [0.25, 0.3) is 0 Å². The fourth-order valence-electron chi connectivity index (χ4n) is 3.47. The number of fused-ring (bicyclic) bond motifs is 1. The average molecular weight is 462 g/mol. The Hall–Kier alpha value is -4.18. The van der Waals surface area contributed by atoms with E-state index in [4.69, 9.17) is 0 Å². The van der Waals surface area contributed by atoms with Crippen LogP contribution < -0.4 is 4.90 Å². The zero-order valence-corrected chi connectivity index (χ0v) is 18.5. The second-order valence-corrected chi connectivity index (χ2v) is 8.85. The minimum atomic E-state index is -4.21. The number of nitro benzene ring substituents is 1. The monoisotopic (exact) mass is 462 g/mol. The van der Waals surface area contributed by atoms with Gasteiger partial charge in [0.2, 0.25) is 0 Å². The van der Waals surface area contributed by atoms with Crippen LogP contribution in [0.2, 0.25) is 0 Å². The molecule has 0 spiro atoms. The third-order valence-corrected chi connectivity index (χ3v) is 6.40. The van der Waals surface area contributed by atoms with Crippen LogP contribution in [0.15, 0.2) is 87.1 Å². The molecule has 0 unspecified atom stereocenters. The number of rotatable bonds is 5. The highest BCUT2D eigenvalue weighted by Gasteiger charge is 2.32. The Bertz CT molecular complexity index is 1440. The highest BCUT2D eigenvalue weighted by atomic mass is 32.2. The molecule has 1 aliphatic rings. The summed E-state index contributed by atoms with van der Waals surface area (Å²) in [6, 6.07) is 18.5. The number of non-ortho nitro benzene ring substituents is 1. The number of sulfonamides is 1. The van der Waals surface area contributed by atoms with Crippen molar-refractivity contribution in [3.05, 3.63) is 94.0 Å². The lowest BCUT2D eigenvalue weighted by atomic mass is 10.1. The summed E-state index contributed by atoms with van der Waals surface area (Å²) in [6.45, 7) is 1.43. The Morgan fingerprint density at radius 3 is 2.27 bits per heavy atom. The number of carbonyl (C=O) groups excluding carboxylic acids is 1. The lowest BCUT2D eigenvalue weighted by molar-refractivity contribution is -0.384. The number of benzene rings is 3. The van der Waals surface area contributed by atoms with Crippen molar-refractivity contribution in [2.45, 2.75) is 11.8 Å². The summed E-state index contributed by atoms with van der Waals surface area (Å²) in [6.07, 6.45) is 0. The number of ketones is 1. The van der Waals surface area contributed by atoms with Gasteiger partial charge in [0, 0.05) is 30.3 Å². The lowest BCUT2D eigenvalue weighted by Crippen LogP contribution is -2.27. The maximum atomic E-state index is 13.0. The Morgan fingerprint density at radius 1 is 0.970 bits per heavy atom. The van der Waals surface area contributed by atoms with Crippen LogP contribution in [0.3, 0.4) is 0 Å². The molecule has 0 aliphatic carbocycles. The zero-order chi connectivity index (χ0) is 23.8. The first-order valence-electron chi connectivity index (χ1n) is 9.80. The Balaban J connectivity index is 1.88. The summed E-state index contributed by atoms with van der Waals surface area (Å²) >= 11 is 0. The van der Waals surface area contributed by atoms with E-state index in [0.29, 0.717) is 28.2 Å². The van der Waals surface area contributed by atoms with Crippen LogP contribution in [0.5, 0.6) is 0 Å². The minimum Gasteiger partial charge on any atom is -0.326 e. The van der Waals surface area contributed by atoms with Crippen molar-refractivity contribution in [3.8, 4) is 0 Å². The third kappa shape index (κ3) is 4.15. The van der Waals surface area contributed by atoms with Crippen LogP contribution in [0.1, 0.15) is 22.8 Å². The summed E-state index contributed by atoms with van der Waals surface area (Å²) in [4.78, 5) is 28.4. The topological polar surface area (TPSA) is 122 Å². The number of nitrogens with zero attached hydrogens (tertiary/aromatic N) is 4. The van der Waals surface area contributed by atoms with E-state index in [1.807, 2.05) is 12.1 Å². The molecule has 0 N–H and O–H groups in total. The maximum Gasteiger partial charge on any atom is 0.284 e. The predicted octanol–water partition coefficient (Wildman–Crippen LogP) is 4.16. The second kappa shape index (κ2) is 8.40. The number of nitro groups is 1. The number of aliphatic imine (C=N–C) groups is 1. The van der Waals surface area contributed by atoms with E-state index in [9.17, 15) is 23.3 Å². The summed E-state index contributed by atoms with van der Waals surface area (Å²) in [7, 11) is -2.54. The normalized spacial score (nSPS) is 15.6. The molecule has 3 aromatic rings. The number of amidine groups is 1. The van der Waals surface area contributed by atoms with E-state index in [-0.39, 0.29) is 22.2 Å². The minimum absolute atomic E-state index is 0.0768. The van der Waals surface area contributed by atoms with E-state index in [1.165, 1.54) is 6.92 Å². The molecule has 0 fully saturated rings. The lowest BCUT2D eigenvalue weighted by Gasteiger charge is -2.13. The number of carbonyl (C=O) groups is 1. The number of anilines is 1. The van der Waals surface area contributed by atoms with Crippen molar-refractivity contribution in [1.29, 1.82) is 0 Å². The van der Waals surface area contributed by atoms with E-state index in [1.54, 1.807) is 48.3 Å². The first kappa shape index (κ1) is 22.0. The maximum absolute atomic E-state index is 13.0. The van der Waals surface area contributed by atoms with Gasteiger partial charge >= 0.3 is 0 Å². The fourth-order valence-corrected chi connectivity index (χ4v) is 4.49. The molecule has 0 atom stereocenters. The van der Waals surface area contributed by atoms with Gasteiger partial charge in [-0.05, 0) is 37.3 Å². The highest BCUT2D eigenvalue weighted by Crippen LogP contribution is 2.32. The first-order chi connectivity index (χ1) is 15.7. The van der Waals surface area contributed by atoms with Crippen LogP contribution in [-0.4, -0.2) is 37.7 Å². The average Bonchev–Trinajstić information content (AvgIpc) is 3.05. The van der Waals surface area contributed by atoms with E-state index < -0.39 is 14.9 Å². The fraction of sp³-hybridized carbons (Fsp3) is 0.0870. The van der Waals surface area contributed by atoms with Crippen molar-refractivity contribution in [3.63, 3.8) is 0 Å². The van der Waals surface area contributed by atoms with Gasteiger partial charge in [0.05, 0.1) is 21.2 Å².